The van der Waals surface area contributed by atoms with Gasteiger partial charge in [0.05, 0.1) is 0 Å². The molecule has 4 atom stereocenters. The van der Waals surface area contributed by atoms with Crippen LogP contribution in [0.15, 0.2) is 12.2 Å². The summed E-state index contributed by atoms with van der Waals surface area (Å²) in [5.41, 5.74) is 0. The Morgan fingerprint density at radius 3 is 3.00 bits per heavy atom. The Morgan fingerprint density at radius 2 is 2.08 bits per heavy atom. The highest BCUT2D eigenvalue weighted by Crippen LogP contribution is 2.45. The van der Waals surface area contributed by atoms with E-state index in [2.05, 4.69) is 24.1 Å². The highest BCUT2D eigenvalue weighted by Gasteiger charge is 2.45. The van der Waals surface area contributed by atoms with Gasteiger partial charge in [-0.2, -0.15) is 0 Å². The predicted octanol–water partition coefficient (Wildman–Crippen LogP) is 2.05. The third-order valence-electron chi connectivity index (χ3n) is 4.24. The van der Waals surface area contributed by atoms with Crippen LogP contribution in [0.1, 0.15) is 25.7 Å². The van der Waals surface area contributed by atoms with Gasteiger partial charge in [0, 0.05) is 12.1 Å². The normalized spacial score (nSPS) is 51.4. The van der Waals surface area contributed by atoms with Gasteiger partial charge in [-0.15, -0.1) is 0 Å². The molecule has 0 radical (unpaired) electrons. The Kier molecular flexibility index (Phi) is 1.40. The molecule has 1 heteroatoms. The topological polar surface area (TPSA) is 3.24 Å². The van der Waals surface area contributed by atoms with Crippen molar-refractivity contribution in [3.63, 3.8) is 0 Å². The maximum absolute atomic E-state index is 2.66. The summed E-state index contributed by atoms with van der Waals surface area (Å²) in [6.45, 7) is 0. The zero-order valence-electron chi connectivity index (χ0n) is 7.74. The lowest BCUT2D eigenvalue weighted by Gasteiger charge is -2.43. The molecule has 0 unspecified atom stereocenters. The highest BCUT2D eigenvalue weighted by atomic mass is 15.2. The first-order valence-electron chi connectivity index (χ1n) is 5.25. The van der Waals surface area contributed by atoms with Crippen molar-refractivity contribution >= 4 is 0 Å². The average Bonchev–Trinajstić information content (AvgIpc) is 2.41. The van der Waals surface area contributed by atoms with Crippen LogP contribution in [0.4, 0.5) is 0 Å². The lowest BCUT2D eigenvalue weighted by Crippen LogP contribution is -2.47. The summed E-state index contributed by atoms with van der Waals surface area (Å²) in [5, 5.41) is 0. The van der Waals surface area contributed by atoms with Crippen LogP contribution in [0.2, 0.25) is 0 Å². The number of piperidine rings is 1. The zero-order valence-corrected chi connectivity index (χ0v) is 7.74. The summed E-state index contributed by atoms with van der Waals surface area (Å²) in [6, 6.07) is 1.82. The second-order valence-corrected chi connectivity index (χ2v) is 4.70. The first-order valence-corrected chi connectivity index (χ1v) is 5.25. The summed E-state index contributed by atoms with van der Waals surface area (Å²) in [7, 11) is 2.33. The summed E-state index contributed by atoms with van der Waals surface area (Å²) in [6.07, 6.45) is 10.6. The van der Waals surface area contributed by atoms with Gasteiger partial charge < -0.3 is 0 Å². The van der Waals surface area contributed by atoms with Crippen molar-refractivity contribution in [2.45, 2.75) is 37.8 Å². The molecule has 0 amide bonds. The fraction of sp³-hybridized carbons (Fsp3) is 0.818. The van der Waals surface area contributed by atoms with Gasteiger partial charge in [0.15, 0.2) is 0 Å². The minimum Gasteiger partial charge on any atom is -0.300 e. The molecule has 0 aromatic heterocycles. The molecule has 66 valence electrons. The monoisotopic (exact) mass is 163 g/mol. The predicted molar refractivity (Wildman–Crippen MR) is 49.9 cm³/mol. The molecule has 3 aliphatic rings. The number of nitrogens with zero attached hydrogens (tertiary/aromatic N) is 1. The lowest BCUT2D eigenvalue weighted by molar-refractivity contribution is 0.0839. The van der Waals surface area contributed by atoms with Gasteiger partial charge in [-0.3, -0.25) is 4.90 Å². The summed E-state index contributed by atoms with van der Waals surface area (Å²) < 4.78 is 0. The van der Waals surface area contributed by atoms with Crippen LogP contribution in [0.5, 0.6) is 0 Å². The van der Waals surface area contributed by atoms with E-state index in [4.69, 9.17) is 0 Å². The number of rotatable bonds is 0. The van der Waals surface area contributed by atoms with Crippen LogP contribution in [-0.4, -0.2) is 24.0 Å². The van der Waals surface area contributed by atoms with E-state index >= 15 is 0 Å². The molecule has 3 rings (SSSR count). The van der Waals surface area contributed by atoms with E-state index in [9.17, 15) is 0 Å². The maximum Gasteiger partial charge on any atom is 0.0159 e. The third kappa shape index (κ3) is 0.779. The molecule has 0 aromatic rings. The highest BCUT2D eigenvalue weighted by molar-refractivity contribution is 5.10. The molecule has 0 saturated carbocycles. The molecule has 0 N–H and O–H groups in total. The fourth-order valence-corrected chi connectivity index (χ4v) is 3.63. The molecule has 2 fully saturated rings. The number of hydrogen-bond donors (Lipinski definition) is 0. The van der Waals surface area contributed by atoms with Crippen molar-refractivity contribution in [3.8, 4) is 0 Å². The summed E-state index contributed by atoms with van der Waals surface area (Å²) >= 11 is 0. The van der Waals surface area contributed by atoms with E-state index in [1.54, 1.807) is 0 Å². The molecule has 2 heterocycles. The SMILES string of the molecule is CN1[C@@H]2CC[C@H]1[C@@H]1CC=C[C@@H]2C1. The average molecular weight is 163 g/mol. The number of fused-ring (bicyclic) bond motifs is 6. The Balaban J connectivity index is 1.98. The first-order chi connectivity index (χ1) is 5.86. The quantitative estimate of drug-likeness (QED) is 0.494. The Morgan fingerprint density at radius 1 is 1.25 bits per heavy atom. The van der Waals surface area contributed by atoms with Crippen molar-refractivity contribution in [1.29, 1.82) is 0 Å². The standard InChI is InChI=1S/C11H17N/c1-12-10-5-6-11(12)9-4-2-3-8(10)7-9/h2-3,8-11H,4-7H2,1H3/t8-,9-,10-,11+/m1/s1. The van der Waals surface area contributed by atoms with E-state index in [0.717, 1.165) is 23.9 Å². The molecule has 2 aliphatic heterocycles. The van der Waals surface area contributed by atoms with E-state index in [1.807, 2.05) is 0 Å². The van der Waals surface area contributed by atoms with Gasteiger partial charge in [0.1, 0.15) is 0 Å². The largest absolute Gasteiger partial charge is 0.300 e. The van der Waals surface area contributed by atoms with Crippen molar-refractivity contribution in [3.05, 3.63) is 12.2 Å². The first kappa shape index (κ1) is 7.14. The van der Waals surface area contributed by atoms with Crippen molar-refractivity contribution in [2.75, 3.05) is 7.05 Å². The summed E-state index contributed by atoms with van der Waals surface area (Å²) in [4.78, 5) is 2.66. The molecular weight excluding hydrogens is 146 g/mol. The smallest absolute Gasteiger partial charge is 0.0159 e. The van der Waals surface area contributed by atoms with Crippen LogP contribution in [0.25, 0.3) is 0 Å². The molecule has 1 aliphatic carbocycles. The van der Waals surface area contributed by atoms with E-state index in [-0.39, 0.29) is 0 Å². The molecule has 2 saturated heterocycles. The second-order valence-electron chi connectivity index (χ2n) is 4.70. The van der Waals surface area contributed by atoms with Gasteiger partial charge in [0.25, 0.3) is 0 Å². The van der Waals surface area contributed by atoms with E-state index in [0.29, 0.717) is 0 Å². The Bertz CT molecular complexity index is 221. The molecule has 12 heavy (non-hydrogen) atoms. The van der Waals surface area contributed by atoms with E-state index < -0.39 is 0 Å². The molecule has 1 nitrogen and oxygen atoms in total. The van der Waals surface area contributed by atoms with Gasteiger partial charge in [0.2, 0.25) is 0 Å². The van der Waals surface area contributed by atoms with Gasteiger partial charge in [-0.1, -0.05) is 12.2 Å². The maximum atomic E-state index is 2.66. The zero-order chi connectivity index (χ0) is 8.13. The van der Waals surface area contributed by atoms with Crippen LogP contribution < -0.4 is 0 Å². The van der Waals surface area contributed by atoms with Gasteiger partial charge in [-0.25, -0.2) is 0 Å². The van der Waals surface area contributed by atoms with Crippen molar-refractivity contribution in [1.82, 2.24) is 4.90 Å². The van der Waals surface area contributed by atoms with Crippen molar-refractivity contribution in [2.24, 2.45) is 11.8 Å². The molecule has 0 aromatic carbocycles. The Hall–Kier alpha value is -0.300. The van der Waals surface area contributed by atoms with Crippen LogP contribution in [0.3, 0.4) is 0 Å². The Labute approximate surface area is 74.4 Å². The lowest BCUT2D eigenvalue weighted by atomic mass is 9.77. The van der Waals surface area contributed by atoms with Crippen molar-refractivity contribution < 1.29 is 0 Å². The molecule has 0 spiro atoms. The second kappa shape index (κ2) is 2.35. The van der Waals surface area contributed by atoms with E-state index in [1.165, 1.54) is 25.7 Å². The van der Waals surface area contributed by atoms with Gasteiger partial charge >= 0.3 is 0 Å². The summed E-state index contributed by atoms with van der Waals surface area (Å²) in [5.74, 6) is 1.89. The van der Waals surface area contributed by atoms with Gasteiger partial charge in [-0.05, 0) is 44.6 Å². The molecular formula is C11H17N. The number of hydrogen-bond acceptors (Lipinski definition) is 1. The fourth-order valence-electron chi connectivity index (χ4n) is 3.63. The third-order valence-corrected chi connectivity index (χ3v) is 4.24. The number of allylic oxidation sites excluding steroid dienone is 1. The minimum absolute atomic E-state index is 0.891. The minimum atomic E-state index is 0.891. The van der Waals surface area contributed by atoms with Crippen LogP contribution in [0, 0.1) is 11.8 Å². The molecule has 4 bridgehead atoms. The van der Waals surface area contributed by atoms with Crippen LogP contribution >= 0.6 is 0 Å². The van der Waals surface area contributed by atoms with Crippen LogP contribution in [-0.2, 0) is 0 Å².